The zero-order valence-corrected chi connectivity index (χ0v) is 16.3. The second kappa shape index (κ2) is 9.45. The monoisotopic (exact) mass is 409 g/mol. The van der Waals surface area contributed by atoms with Crippen molar-refractivity contribution < 1.29 is 32.2 Å². The average Bonchev–Trinajstić information content (AvgIpc) is 2.64. The van der Waals surface area contributed by atoms with Gasteiger partial charge in [0.1, 0.15) is 5.75 Å². The molecule has 29 heavy (non-hydrogen) atoms. The van der Waals surface area contributed by atoms with E-state index in [9.17, 15) is 22.8 Å². The van der Waals surface area contributed by atoms with E-state index in [1.165, 1.54) is 12.1 Å². The fourth-order valence-corrected chi connectivity index (χ4v) is 2.59. The summed E-state index contributed by atoms with van der Waals surface area (Å²) in [6, 6.07) is 10.2. The minimum absolute atomic E-state index is 0.182. The third-order valence-corrected chi connectivity index (χ3v) is 4.01. The normalized spacial score (nSPS) is 11.3. The van der Waals surface area contributed by atoms with Crippen molar-refractivity contribution in [2.24, 2.45) is 0 Å². The average molecular weight is 409 g/mol. The first-order chi connectivity index (χ1) is 13.6. The molecule has 0 bridgehead atoms. The van der Waals surface area contributed by atoms with E-state index < -0.39 is 42.5 Å². The number of carbonyl (C=O) groups is 2. The molecule has 0 saturated carbocycles. The van der Waals surface area contributed by atoms with Gasteiger partial charge in [0.2, 0.25) is 0 Å². The zero-order valence-electron chi connectivity index (χ0n) is 16.3. The molecule has 0 aliphatic heterocycles. The summed E-state index contributed by atoms with van der Waals surface area (Å²) in [7, 11) is 0. The van der Waals surface area contributed by atoms with Gasteiger partial charge < -0.3 is 14.8 Å². The van der Waals surface area contributed by atoms with E-state index in [0.717, 1.165) is 23.3 Å². The zero-order chi connectivity index (χ0) is 21.6. The van der Waals surface area contributed by atoms with E-state index in [1.54, 1.807) is 6.07 Å². The summed E-state index contributed by atoms with van der Waals surface area (Å²) in [5, 5.41) is 2.10. The van der Waals surface area contributed by atoms with E-state index in [1.807, 2.05) is 32.9 Å². The molecule has 8 heteroatoms. The smallest absolute Gasteiger partial charge is 0.418 e. The minimum atomic E-state index is -4.61. The Morgan fingerprint density at radius 2 is 1.76 bits per heavy atom. The summed E-state index contributed by atoms with van der Waals surface area (Å²) in [6.07, 6.45) is -4.61. The van der Waals surface area contributed by atoms with Crippen LogP contribution >= 0.6 is 0 Å². The van der Waals surface area contributed by atoms with E-state index in [-0.39, 0.29) is 5.92 Å². The first-order valence-electron chi connectivity index (χ1n) is 8.93. The number of rotatable bonds is 7. The van der Waals surface area contributed by atoms with Gasteiger partial charge in [-0.25, -0.2) is 4.79 Å². The number of alkyl halides is 3. The van der Waals surface area contributed by atoms with Crippen LogP contribution in [0.3, 0.4) is 0 Å². The number of carbonyl (C=O) groups excluding carboxylic acids is 2. The number of anilines is 1. The highest BCUT2D eigenvalue weighted by Crippen LogP contribution is 2.34. The summed E-state index contributed by atoms with van der Waals surface area (Å²) in [6.45, 7) is 4.71. The van der Waals surface area contributed by atoms with Crippen LogP contribution in [0, 0.1) is 6.92 Å². The van der Waals surface area contributed by atoms with Gasteiger partial charge in [-0.05, 0) is 42.2 Å². The van der Waals surface area contributed by atoms with Gasteiger partial charge in [-0.3, -0.25) is 4.79 Å². The van der Waals surface area contributed by atoms with Crippen molar-refractivity contribution in [1.29, 1.82) is 0 Å². The Bertz CT molecular complexity index is 878. The molecule has 0 atom stereocenters. The number of para-hydroxylation sites is 1. The van der Waals surface area contributed by atoms with Crippen LogP contribution in [0.5, 0.6) is 5.75 Å². The lowest BCUT2D eigenvalue weighted by atomic mass is 10.0. The summed E-state index contributed by atoms with van der Waals surface area (Å²) in [5.74, 6) is -0.962. The number of benzene rings is 2. The highest BCUT2D eigenvalue weighted by Gasteiger charge is 2.33. The van der Waals surface area contributed by atoms with Gasteiger partial charge in [0.05, 0.1) is 11.3 Å². The molecule has 0 aromatic heterocycles. The van der Waals surface area contributed by atoms with Gasteiger partial charge in [-0.2, -0.15) is 13.2 Å². The van der Waals surface area contributed by atoms with Gasteiger partial charge in [0, 0.05) is 0 Å². The molecule has 5 nitrogen and oxygen atoms in total. The van der Waals surface area contributed by atoms with Crippen LogP contribution in [0.4, 0.5) is 18.9 Å². The highest BCUT2D eigenvalue weighted by atomic mass is 19.4. The molecule has 0 heterocycles. The third kappa shape index (κ3) is 6.51. The molecule has 2 aromatic rings. The number of hydrogen-bond donors (Lipinski definition) is 1. The van der Waals surface area contributed by atoms with Crippen LogP contribution in [-0.4, -0.2) is 25.1 Å². The van der Waals surface area contributed by atoms with Crippen molar-refractivity contribution in [3.05, 3.63) is 59.2 Å². The molecule has 1 amide bonds. The molecule has 2 rings (SSSR count). The fraction of sp³-hybridized carbons (Fsp3) is 0.333. The molecule has 0 unspecified atom stereocenters. The third-order valence-electron chi connectivity index (χ3n) is 4.01. The van der Waals surface area contributed by atoms with E-state index in [4.69, 9.17) is 9.47 Å². The Kier molecular flexibility index (Phi) is 7.25. The lowest BCUT2D eigenvalue weighted by Gasteiger charge is -2.15. The number of aryl methyl sites for hydroxylation is 1. The summed E-state index contributed by atoms with van der Waals surface area (Å²) < 4.78 is 49.1. The molecule has 0 fully saturated rings. The molecular weight excluding hydrogens is 387 g/mol. The maximum Gasteiger partial charge on any atom is 0.418 e. The largest absolute Gasteiger partial charge is 0.482 e. The van der Waals surface area contributed by atoms with E-state index in [0.29, 0.717) is 5.75 Å². The number of esters is 1. The van der Waals surface area contributed by atoms with E-state index >= 15 is 0 Å². The quantitative estimate of drug-likeness (QED) is 0.674. The van der Waals surface area contributed by atoms with Gasteiger partial charge in [0.25, 0.3) is 5.91 Å². The van der Waals surface area contributed by atoms with Gasteiger partial charge in [0.15, 0.2) is 13.2 Å². The van der Waals surface area contributed by atoms with Gasteiger partial charge >= 0.3 is 12.1 Å². The van der Waals surface area contributed by atoms with Crippen LogP contribution in [-0.2, 0) is 20.5 Å². The fourth-order valence-electron chi connectivity index (χ4n) is 2.59. The van der Waals surface area contributed by atoms with Gasteiger partial charge in [-0.1, -0.05) is 38.1 Å². The SMILES string of the molecule is Cc1ccc(C(C)C)c(OCC(=O)OCC(=O)Nc2ccccc2C(F)(F)F)c1. The molecule has 1 N–H and O–H groups in total. The molecule has 0 aliphatic carbocycles. The molecule has 2 aromatic carbocycles. The number of halogens is 3. The topological polar surface area (TPSA) is 64.6 Å². The predicted octanol–water partition coefficient (Wildman–Crippen LogP) is 4.70. The predicted molar refractivity (Wildman–Crippen MR) is 102 cm³/mol. The van der Waals surface area contributed by atoms with Gasteiger partial charge in [-0.15, -0.1) is 0 Å². The molecule has 0 saturated heterocycles. The molecule has 156 valence electrons. The van der Waals surface area contributed by atoms with Crippen LogP contribution in [0.1, 0.15) is 36.5 Å². The molecule has 0 spiro atoms. The van der Waals surface area contributed by atoms with Crippen LogP contribution in [0.2, 0.25) is 0 Å². The van der Waals surface area contributed by atoms with Crippen LogP contribution in [0.25, 0.3) is 0 Å². The maximum atomic E-state index is 12.9. The number of hydrogen-bond acceptors (Lipinski definition) is 4. The van der Waals surface area contributed by atoms with Crippen LogP contribution < -0.4 is 10.1 Å². The number of ether oxygens (including phenoxy) is 2. The first-order valence-corrected chi connectivity index (χ1v) is 8.93. The minimum Gasteiger partial charge on any atom is -0.482 e. The highest BCUT2D eigenvalue weighted by molar-refractivity contribution is 5.93. The standard InChI is InChI=1S/C21H22F3NO4/c1-13(2)15-9-8-14(3)10-18(15)28-12-20(27)29-11-19(26)25-17-7-5-4-6-16(17)21(22,23)24/h4-10,13H,11-12H2,1-3H3,(H,25,26). The Balaban J connectivity index is 1.89. The second-order valence-corrected chi connectivity index (χ2v) is 6.74. The van der Waals surface area contributed by atoms with Crippen molar-refractivity contribution in [3.63, 3.8) is 0 Å². The Hall–Kier alpha value is -3.03. The molecular formula is C21H22F3NO4. The van der Waals surface area contributed by atoms with Crippen molar-refractivity contribution in [2.45, 2.75) is 32.9 Å². The maximum absolute atomic E-state index is 12.9. The molecule has 0 aliphatic rings. The van der Waals surface area contributed by atoms with Crippen molar-refractivity contribution in [1.82, 2.24) is 0 Å². The lowest BCUT2D eigenvalue weighted by Crippen LogP contribution is -2.25. The van der Waals surface area contributed by atoms with Crippen molar-refractivity contribution in [3.8, 4) is 5.75 Å². The summed E-state index contributed by atoms with van der Waals surface area (Å²) in [4.78, 5) is 23.7. The Morgan fingerprint density at radius 1 is 1.07 bits per heavy atom. The first kappa shape index (κ1) is 22.3. The number of nitrogens with one attached hydrogen (secondary N) is 1. The second-order valence-electron chi connectivity index (χ2n) is 6.74. The van der Waals surface area contributed by atoms with Crippen molar-refractivity contribution >= 4 is 17.6 Å². The summed E-state index contributed by atoms with van der Waals surface area (Å²) >= 11 is 0. The van der Waals surface area contributed by atoms with Crippen LogP contribution in [0.15, 0.2) is 42.5 Å². The molecule has 0 radical (unpaired) electrons. The number of amides is 1. The lowest BCUT2D eigenvalue weighted by molar-refractivity contribution is -0.149. The Morgan fingerprint density at radius 3 is 2.41 bits per heavy atom. The van der Waals surface area contributed by atoms with Crippen molar-refractivity contribution in [2.75, 3.05) is 18.5 Å². The summed E-state index contributed by atoms with van der Waals surface area (Å²) in [5.41, 5.74) is 0.493. The van der Waals surface area contributed by atoms with E-state index in [2.05, 4.69) is 5.32 Å². The Labute approximate surface area is 166 Å².